The number of carbonyl (C=O) groups excluding carboxylic acids is 1. The molecule has 1 aromatic heterocycles. The van der Waals surface area contributed by atoms with Crippen LogP contribution in [0.25, 0.3) is 5.57 Å². The average Bonchev–Trinajstić information content (AvgIpc) is 3.62. The van der Waals surface area contributed by atoms with Crippen LogP contribution in [0.5, 0.6) is 5.75 Å². The summed E-state index contributed by atoms with van der Waals surface area (Å²) in [5, 5.41) is 13.2. The average molecular weight is 605 g/mol. The number of carbonyl (C=O) groups is 1. The number of nitrogens with two attached hydrogens (primary N) is 1. The van der Waals surface area contributed by atoms with Crippen molar-refractivity contribution in [2.45, 2.75) is 63.0 Å². The molecule has 0 bridgehead atoms. The van der Waals surface area contributed by atoms with Crippen LogP contribution < -0.4 is 10.5 Å². The number of aliphatic imine (C=N–C) groups is 1. The van der Waals surface area contributed by atoms with Crippen LogP contribution in [0.1, 0.15) is 55.2 Å². The second-order valence-corrected chi connectivity index (χ2v) is 10.4. The van der Waals surface area contributed by atoms with Gasteiger partial charge in [-0.25, -0.2) is 27.2 Å². The molecular formula is C26H27ClF6N6O2. The summed E-state index contributed by atoms with van der Waals surface area (Å²) in [6.45, 7) is -2.64. The van der Waals surface area contributed by atoms with E-state index in [1.165, 1.54) is 30.1 Å². The largest absolute Gasteiger partial charge is 0.429 e. The number of alkyl halides is 6. The molecule has 1 amide bonds. The zero-order valence-corrected chi connectivity index (χ0v) is 23.4. The van der Waals surface area contributed by atoms with Gasteiger partial charge in [0.1, 0.15) is 16.6 Å². The maximum Gasteiger partial charge on any atom is 0.387 e. The van der Waals surface area contributed by atoms with E-state index < -0.39 is 52.6 Å². The summed E-state index contributed by atoms with van der Waals surface area (Å²) in [5.74, 6) is -10.4. The number of hydrogen-bond donors (Lipinski definition) is 1. The van der Waals surface area contributed by atoms with E-state index in [9.17, 15) is 36.4 Å². The summed E-state index contributed by atoms with van der Waals surface area (Å²) in [5.41, 5.74) is 0.755. The Morgan fingerprint density at radius 3 is 2.32 bits per heavy atom. The van der Waals surface area contributed by atoms with E-state index >= 15 is 0 Å². The highest BCUT2D eigenvalue weighted by Gasteiger charge is 2.64. The number of halogens is 7. The summed E-state index contributed by atoms with van der Waals surface area (Å²) in [6, 6.07) is 6.34. The van der Waals surface area contributed by atoms with Crippen molar-refractivity contribution in [2.24, 2.45) is 17.8 Å². The van der Waals surface area contributed by atoms with Gasteiger partial charge in [0, 0.05) is 45.9 Å². The number of aryl methyl sites for hydroxylation is 1. The lowest BCUT2D eigenvalue weighted by atomic mass is 9.75. The molecule has 222 valence electrons. The maximum absolute atomic E-state index is 14.6. The van der Waals surface area contributed by atoms with E-state index in [0.29, 0.717) is 19.8 Å². The molecule has 2 N–H and O–H groups in total. The van der Waals surface area contributed by atoms with Crippen LogP contribution >= 0.6 is 11.6 Å². The number of benzene rings is 1. The van der Waals surface area contributed by atoms with Gasteiger partial charge in [-0.1, -0.05) is 17.7 Å². The second kappa shape index (κ2) is 10.9. The molecule has 1 fully saturated rings. The van der Waals surface area contributed by atoms with Gasteiger partial charge in [0.2, 0.25) is 0 Å². The van der Waals surface area contributed by atoms with Crippen LogP contribution in [0.15, 0.2) is 29.4 Å². The highest BCUT2D eigenvalue weighted by atomic mass is 35.5. The van der Waals surface area contributed by atoms with Gasteiger partial charge in [0.15, 0.2) is 11.6 Å². The van der Waals surface area contributed by atoms with Gasteiger partial charge in [0.25, 0.3) is 17.8 Å². The summed E-state index contributed by atoms with van der Waals surface area (Å²) in [4.78, 5) is 18.4. The van der Waals surface area contributed by atoms with Crippen molar-refractivity contribution >= 4 is 35.1 Å². The van der Waals surface area contributed by atoms with E-state index in [-0.39, 0.29) is 35.6 Å². The third-order valence-corrected chi connectivity index (χ3v) is 7.65. The smallest absolute Gasteiger partial charge is 0.387 e. The fraction of sp³-hybridized carbons (Fsp3) is 0.462. The van der Waals surface area contributed by atoms with Crippen molar-refractivity contribution in [1.29, 1.82) is 5.26 Å². The number of aromatic nitrogens is 2. The zero-order chi connectivity index (χ0) is 31.1. The highest BCUT2D eigenvalue weighted by Crippen LogP contribution is 2.54. The van der Waals surface area contributed by atoms with Crippen LogP contribution in [-0.2, 0) is 12.5 Å². The van der Waals surface area contributed by atoms with Crippen molar-refractivity contribution in [1.82, 2.24) is 14.7 Å². The molecule has 0 aliphatic heterocycles. The second-order valence-electron chi connectivity index (χ2n) is 9.99. The molecule has 2 aromatic rings. The van der Waals surface area contributed by atoms with E-state index in [1.54, 1.807) is 0 Å². The van der Waals surface area contributed by atoms with E-state index in [2.05, 4.69) is 20.9 Å². The Hall–Kier alpha value is -3.73. The summed E-state index contributed by atoms with van der Waals surface area (Å²) in [7, 11) is 2.60. The lowest BCUT2D eigenvalue weighted by Gasteiger charge is -2.38. The molecular weight excluding hydrogens is 578 g/mol. The highest BCUT2D eigenvalue weighted by molar-refractivity contribution is 6.34. The number of hydrogen-bond acceptors (Lipinski definition) is 6. The first-order chi connectivity index (χ1) is 18.8. The van der Waals surface area contributed by atoms with E-state index in [1.807, 2.05) is 0 Å². The molecule has 1 aromatic carbocycles. The number of amides is 1. The number of allylic oxidation sites excluding steroid dienone is 1. The lowest BCUT2D eigenvalue weighted by Crippen LogP contribution is -2.53. The Labute approximate surface area is 237 Å². The number of rotatable bonds is 10. The van der Waals surface area contributed by atoms with Crippen molar-refractivity contribution in [3.63, 3.8) is 0 Å². The Morgan fingerprint density at radius 1 is 1.27 bits per heavy atom. The molecule has 1 aliphatic carbocycles. The van der Waals surface area contributed by atoms with Crippen molar-refractivity contribution in [2.75, 3.05) is 7.05 Å². The van der Waals surface area contributed by atoms with Crippen molar-refractivity contribution in [3.8, 4) is 11.8 Å². The standard InChI is InChI=1S/C26H27ClF6N6O2/c1-23(24(2,30)31,25(3,32)33)19-18(41-22(28)29)20(39(5)37-19)36-12-15(11-34)14-6-7-17(27)16(10-14)21(40)38(4)26(13-35)8-9-26/h6-7,10-12,22H,8-9,34H2,1-5H3. The molecule has 15 heteroatoms. The summed E-state index contributed by atoms with van der Waals surface area (Å²) in [6.07, 6.45) is 3.10. The minimum absolute atomic E-state index is 0.0385. The van der Waals surface area contributed by atoms with Crippen LogP contribution in [0, 0.1) is 11.3 Å². The quantitative estimate of drug-likeness (QED) is 0.261. The predicted molar refractivity (Wildman–Crippen MR) is 140 cm³/mol. The summed E-state index contributed by atoms with van der Waals surface area (Å²) < 4.78 is 90.2. The number of ether oxygens (including phenoxy) is 1. The molecule has 41 heavy (non-hydrogen) atoms. The lowest BCUT2D eigenvalue weighted by molar-refractivity contribution is -0.173. The molecule has 1 aliphatic rings. The van der Waals surface area contributed by atoms with Crippen LogP contribution in [0.3, 0.4) is 0 Å². The normalized spacial score (nSPS) is 15.8. The topological polar surface area (TPSA) is 110 Å². The molecule has 0 unspecified atom stereocenters. The molecule has 1 heterocycles. The van der Waals surface area contributed by atoms with Crippen molar-refractivity contribution in [3.05, 3.63) is 46.2 Å². The molecule has 0 atom stereocenters. The fourth-order valence-electron chi connectivity index (χ4n) is 4.19. The molecule has 3 rings (SSSR count). The Morgan fingerprint density at radius 2 is 1.85 bits per heavy atom. The molecule has 0 saturated heterocycles. The SMILES string of the molecule is CN(C(=O)c1cc(C(C=Nc2c(OC(F)F)c(C(C)(C(C)(F)F)C(C)(F)F)nn2C)=CN)ccc1Cl)C1(C#N)CC1. The van der Waals surface area contributed by atoms with Crippen LogP contribution in [-0.4, -0.2) is 57.8 Å². The van der Waals surface area contributed by atoms with E-state index in [4.69, 9.17) is 17.3 Å². The Bertz CT molecular complexity index is 1420. The first kappa shape index (κ1) is 31.8. The van der Waals surface area contributed by atoms with Gasteiger partial charge < -0.3 is 15.4 Å². The van der Waals surface area contributed by atoms with Gasteiger partial charge in [-0.05, 0) is 37.5 Å². The first-order valence-electron chi connectivity index (χ1n) is 12.1. The third-order valence-electron chi connectivity index (χ3n) is 7.33. The van der Waals surface area contributed by atoms with Gasteiger partial charge in [-0.15, -0.1) is 0 Å². The minimum atomic E-state index is -4.13. The Kier molecular flexibility index (Phi) is 8.47. The van der Waals surface area contributed by atoms with Crippen LogP contribution in [0.4, 0.5) is 32.2 Å². The number of nitrogens with zero attached hydrogens (tertiary/aromatic N) is 5. The zero-order valence-electron chi connectivity index (χ0n) is 22.7. The Balaban J connectivity index is 2.09. The molecule has 1 saturated carbocycles. The fourth-order valence-corrected chi connectivity index (χ4v) is 4.39. The minimum Gasteiger partial charge on any atom is -0.429 e. The first-order valence-corrected chi connectivity index (χ1v) is 12.5. The van der Waals surface area contributed by atoms with E-state index in [0.717, 1.165) is 24.1 Å². The van der Waals surface area contributed by atoms with Crippen LogP contribution in [0.2, 0.25) is 5.02 Å². The number of nitriles is 1. The van der Waals surface area contributed by atoms with Gasteiger partial charge in [-0.3, -0.25) is 4.79 Å². The molecule has 8 nitrogen and oxygen atoms in total. The maximum atomic E-state index is 14.6. The van der Waals surface area contributed by atoms with Gasteiger partial charge >= 0.3 is 6.61 Å². The molecule has 0 radical (unpaired) electrons. The van der Waals surface area contributed by atoms with Gasteiger partial charge in [0.05, 0.1) is 16.7 Å². The monoisotopic (exact) mass is 604 g/mol. The predicted octanol–water partition coefficient (Wildman–Crippen LogP) is 6.07. The van der Waals surface area contributed by atoms with Crippen molar-refractivity contribution < 1.29 is 35.9 Å². The third kappa shape index (κ3) is 5.72. The molecule has 0 spiro atoms. The summed E-state index contributed by atoms with van der Waals surface area (Å²) >= 11 is 6.24. The van der Waals surface area contributed by atoms with Gasteiger partial charge in [-0.2, -0.15) is 19.1 Å².